The minimum atomic E-state index is -4.82. The Morgan fingerprint density at radius 2 is 1.69 bits per heavy atom. The lowest BCUT2D eigenvalue weighted by atomic mass is 9.96. The van der Waals surface area contributed by atoms with Crippen molar-refractivity contribution in [3.63, 3.8) is 0 Å². The third-order valence-corrected chi connectivity index (χ3v) is 4.09. The van der Waals surface area contributed by atoms with Gasteiger partial charge in [0.1, 0.15) is 23.0 Å². The number of carbonyl (C=O) groups is 1. The number of hydrogen-bond acceptors (Lipinski definition) is 3. The predicted molar refractivity (Wildman–Crippen MR) is 93.8 cm³/mol. The molecule has 0 saturated heterocycles. The molecule has 2 aromatic carbocycles. The second-order valence-electron chi connectivity index (χ2n) is 6.17. The Hall–Kier alpha value is -3.56. The van der Waals surface area contributed by atoms with Crippen molar-refractivity contribution in [2.75, 3.05) is 0 Å². The molecular weight excluding hydrogens is 397 g/mol. The van der Waals surface area contributed by atoms with E-state index in [1.54, 1.807) is 0 Å². The van der Waals surface area contributed by atoms with Crippen LogP contribution in [-0.2, 0) is 13.2 Å². The van der Waals surface area contributed by atoms with Crippen LogP contribution >= 0.6 is 0 Å². The number of hydrogen-bond donors (Lipinski definition) is 1. The number of nitrogens with zero attached hydrogens (tertiary/aromatic N) is 2. The van der Waals surface area contributed by atoms with Crippen molar-refractivity contribution in [3.05, 3.63) is 75.8 Å². The van der Waals surface area contributed by atoms with Gasteiger partial charge in [-0.2, -0.15) is 13.2 Å². The van der Waals surface area contributed by atoms with Crippen molar-refractivity contribution >= 4 is 5.91 Å². The Bertz CT molecular complexity index is 1190. The van der Waals surface area contributed by atoms with E-state index in [-0.39, 0.29) is 16.8 Å². The van der Waals surface area contributed by atoms with Crippen LogP contribution in [0.25, 0.3) is 22.4 Å². The number of primary amides is 1. The summed E-state index contributed by atoms with van der Waals surface area (Å²) in [5, 5.41) is 0. The van der Waals surface area contributed by atoms with Gasteiger partial charge in [-0.1, -0.05) is 0 Å². The lowest BCUT2D eigenvalue weighted by Gasteiger charge is -2.14. The summed E-state index contributed by atoms with van der Waals surface area (Å²) < 4.78 is 68.8. The Morgan fingerprint density at radius 1 is 1.03 bits per heavy atom. The van der Waals surface area contributed by atoms with Crippen molar-refractivity contribution in [2.45, 2.75) is 6.18 Å². The van der Waals surface area contributed by atoms with Gasteiger partial charge in [-0.05, 0) is 47.5 Å². The molecule has 0 bridgehead atoms. The predicted octanol–water partition coefficient (Wildman–Crippen LogP) is 3.51. The van der Waals surface area contributed by atoms with Gasteiger partial charge < -0.3 is 10.3 Å². The smallest absolute Gasteiger partial charge is 0.364 e. The number of benzene rings is 2. The normalized spacial score (nSPS) is 11.5. The van der Waals surface area contributed by atoms with Crippen LogP contribution < -0.4 is 11.3 Å². The molecular formula is C19H12F5N3O2. The van der Waals surface area contributed by atoms with Crippen molar-refractivity contribution in [2.24, 2.45) is 12.8 Å². The number of rotatable bonds is 3. The van der Waals surface area contributed by atoms with E-state index in [2.05, 4.69) is 4.98 Å². The zero-order valence-corrected chi connectivity index (χ0v) is 14.7. The average Bonchev–Trinajstić information content (AvgIpc) is 2.62. The first-order chi connectivity index (χ1) is 13.5. The minimum absolute atomic E-state index is 0.193. The fourth-order valence-corrected chi connectivity index (χ4v) is 2.80. The number of halogens is 5. The summed E-state index contributed by atoms with van der Waals surface area (Å²) in [7, 11) is 1.30. The molecule has 3 rings (SSSR count). The average molecular weight is 409 g/mol. The van der Waals surface area contributed by atoms with Crippen LogP contribution in [0.1, 0.15) is 16.1 Å². The molecule has 0 spiro atoms. The van der Waals surface area contributed by atoms with E-state index in [1.165, 1.54) is 7.05 Å². The van der Waals surface area contributed by atoms with Gasteiger partial charge in [0, 0.05) is 18.8 Å². The largest absolute Gasteiger partial charge is 0.417 e. The second kappa shape index (κ2) is 7.12. The summed E-state index contributed by atoms with van der Waals surface area (Å²) in [5.74, 6) is -2.89. The van der Waals surface area contributed by atoms with Gasteiger partial charge in [-0.25, -0.2) is 13.8 Å². The molecule has 0 atom stereocenters. The number of alkyl halides is 3. The van der Waals surface area contributed by atoms with Crippen molar-refractivity contribution in [3.8, 4) is 22.4 Å². The van der Waals surface area contributed by atoms with Crippen LogP contribution in [0, 0.1) is 11.6 Å². The molecule has 10 heteroatoms. The van der Waals surface area contributed by atoms with Crippen molar-refractivity contribution < 1.29 is 26.7 Å². The third-order valence-electron chi connectivity index (χ3n) is 4.09. The van der Waals surface area contributed by atoms with E-state index in [9.17, 15) is 31.5 Å². The molecule has 29 heavy (non-hydrogen) atoms. The van der Waals surface area contributed by atoms with Gasteiger partial charge >= 0.3 is 6.18 Å². The second-order valence-corrected chi connectivity index (χ2v) is 6.17. The lowest BCUT2D eigenvalue weighted by molar-refractivity contribution is -0.137. The zero-order valence-electron chi connectivity index (χ0n) is 14.7. The van der Waals surface area contributed by atoms with Crippen LogP contribution in [0.3, 0.4) is 0 Å². The fraction of sp³-hybridized carbons (Fsp3) is 0.105. The Morgan fingerprint density at radius 3 is 2.31 bits per heavy atom. The summed E-state index contributed by atoms with van der Waals surface area (Å²) in [6, 6.07) is 4.50. The van der Waals surface area contributed by atoms with Gasteiger partial charge in [0.2, 0.25) is 0 Å². The summed E-state index contributed by atoms with van der Waals surface area (Å²) in [4.78, 5) is 27.6. The minimum Gasteiger partial charge on any atom is -0.364 e. The third kappa shape index (κ3) is 4.00. The van der Waals surface area contributed by atoms with Crippen LogP contribution in [0.2, 0.25) is 0 Å². The standard InChI is InChI=1S/C19H12F5N3O2/c1-27-8-15(17(25)28)26-16(18(27)29)10-4-9(5-12(21)6-10)13-7-11(20)2-3-14(13)19(22,23)24/h2-8H,1H3,(H2,25,28). The number of amides is 1. The molecule has 0 fully saturated rings. The van der Waals surface area contributed by atoms with Crippen molar-refractivity contribution in [1.82, 2.24) is 9.55 Å². The maximum absolute atomic E-state index is 14.2. The Kier molecular flexibility index (Phi) is 4.95. The molecule has 5 nitrogen and oxygen atoms in total. The summed E-state index contributed by atoms with van der Waals surface area (Å²) in [5.41, 5.74) is 1.43. The van der Waals surface area contributed by atoms with Gasteiger partial charge in [0.25, 0.3) is 11.5 Å². The van der Waals surface area contributed by atoms with Crippen molar-refractivity contribution in [1.29, 1.82) is 0 Å². The van der Waals surface area contributed by atoms with Crippen LogP contribution in [0.4, 0.5) is 22.0 Å². The molecule has 3 aromatic rings. The van der Waals surface area contributed by atoms with E-state index in [1.807, 2.05) is 0 Å². The zero-order chi connectivity index (χ0) is 21.5. The maximum atomic E-state index is 14.2. The summed E-state index contributed by atoms with van der Waals surface area (Å²) >= 11 is 0. The Balaban J connectivity index is 2.29. The quantitative estimate of drug-likeness (QED) is 0.673. The molecule has 0 unspecified atom stereocenters. The molecule has 1 amide bonds. The highest BCUT2D eigenvalue weighted by atomic mass is 19.4. The van der Waals surface area contributed by atoms with Gasteiger partial charge in [-0.15, -0.1) is 0 Å². The van der Waals surface area contributed by atoms with Crippen LogP contribution in [0.15, 0.2) is 47.4 Å². The van der Waals surface area contributed by atoms with E-state index >= 15 is 0 Å². The highest BCUT2D eigenvalue weighted by Gasteiger charge is 2.34. The molecule has 0 radical (unpaired) electrons. The maximum Gasteiger partial charge on any atom is 0.417 e. The molecule has 1 heterocycles. The number of nitrogens with two attached hydrogens (primary N) is 1. The van der Waals surface area contributed by atoms with E-state index < -0.39 is 46.1 Å². The highest BCUT2D eigenvalue weighted by molar-refractivity contribution is 5.91. The first-order valence-electron chi connectivity index (χ1n) is 8.03. The number of carbonyl (C=O) groups excluding carboxylic acids is 1. The van der Waals surface area contributed by atoms with E-state index in [4.69, 9.17) is 5.73 Å². The molecule has 0 saturated carbocycles. The molecule has 0 aliphatic rings. The molecule has 150 valence electrons. The van der Waals surface area contributed by atoms with E-state index in [0.29, 0.717) is 18.2 Å². The summed E-state index contributed by atoms with van der Waals surface area (Å²) in [6.07, 6.45) is -3.75. The van der Waals surface area contributed by atoms with Gasteiger partial charge in [0.05, 0.1) is 5.56 Å². The SMILES string of the molecule is Cn1cc(C(N)=O)nc(-c2cc(F)cc(-c3cc(F)ccc3C(F)(F)F)c2)c1=O. The molecule has 0 aliphatic carbocycles. The van der Waals surface area contributed by atoms with Crippen LogP contribution in [-0.4, -0.2) is 15.5 Å². The highest BCUT2D eigenvalue weighted by Crippen LogP contribution is 2.38. The lowest BCUT2D eigenvalue weighted by Crippen LogP contribution is -2.25. The van der Waals surface area contributed by atoms with Gasteiger partial charge in [0.15, 0.2) is 0 Å². The first kappa shape index (κ1) is 20.2. The number of aromatic nitrogens is 2. The fourth-order valence-electron chi connectivity index (χ4n) is 2.80. The van der Waals surface area contributed by atoms with Gasteiger partial charge in [-0.3, -0.25) is 9.59 Å². The Labute approximate surface area is 160 Å². The van der Waals surface area contributed by atoms with E-state index in [0.717, 1.165) is 29.0 Å². The summed E-state index contributed by atoms with van der Waals surface area (Å²) in [6.45, 7) is 0. The first-order valence-corrected chi connectivity index (χ1v) is 8.03. The molecule has 0 aliphatic heterocycles. The molecule has 1 aromatic heterocycles. The van der Waals surface area contributed by atoms with Crippen LogP contribution in [0.5, 0.6) is 0 Å². The number of aryl methyl sites for hydroxylation is 1. The monoisotopic (exact) mass is 409 g/mol. The topological polar surface area (TPSA) is 78.0 Å². The molecule has 2 N–H and O–H groups in total.